The molecule has 0 spiro atoms. The molecule has 1 heterocycles. The summed E-state index contributed by atoms with van der Waals surface area (Å²) < 4.78 is 32.4. The van der Waals surface area contributed by atoms with Gasteiger partial charge in [0, 0.05) is 13.5 Å². The fourth-order valence-electron chi connectivity index (χ4n) is 3.26. The fraction of sp³-hybridized carbons (Fsp3) is 0.474. The van der Waals surface area contributed by atoms with E-state index in [0.717, 1.165) is 5.56 Å². The molecule has 1 aliphatic rings. The Labute approximate surface area is 152 Å². The average Bonchev–Trinajstić information content (AvgIpc) is 2.58. The van der Waals surface area contributed by atoms with Crippen LogP contribution in [-0.2, 0) is 19.0 Å². The zero-order valence-corrected chi connectivity index (χ0v) is 15.3. The molecular weight excluding hydrogens is 339 g/mol. The number of rotatable bonds is 5. The number of nitriles is 1. The van der Waals surface area contributed by atoms with Gasteiger partial charge < -0.3 is 19.9 Å². The van der Waals surface area contributed by atoms with Crippen molar-refractivity contribution in [1.29, 1.82) is 5.26 Å². The first-order chi connectivity index (χ1) is 12.2. The number of hydrogen-bond acceptors (Lipinski definition) is 6. The number of carbonyl (C=O) groups excluding carboxylic acids is 1. The van der Waals surface area contributed by atoms with Crippen LogP contribution in [0.5, 0.6) is 0 Å². The molecule has 3 atom stereocenters. The summed E-state index contributed by atoms with van der Waals surface area (Å²) in [6, 6.07) is 8.75. The molecule has 1 aliphatic heterocycles. The molecule has 0 aromatic heterocycles. The van der Waals surface area contributed by atoms with E-state index in [4.69, 9.17) is 19.9 Å². The van der Waals surface area contributed by atoms with E-state index in [-0.39, 0.29) is 24.7 Å². The summed E-state index contributed by atoms with van der Waals surface area (Å²) >= 11 is 0. The maximum Gasteiger partial charge on any atom is 0.351 e. The summed E-state index contributed by atoms with van der Waals surface area (Å²) in [6.07, 6.45) is 0. The summed E-state index contributed by atoms with van der Waals surface area (Å²) in [5, 5.41) is 9.58. The molecule has 0 saturated carbocycles. The molecule has 6 nitrogen and oxygen atoms in total. The molecule has 7 heteroatoms. The molecule has 140 valence electrons. The van der Waals surface area contributed by atoms with E-state index in [1.165, 1.54) is 6.92 Å². The molecule has 26 heavy (non-hydrogen) atoms. The van der Waals surface area contributed by atoms with Crippen LogP contribution in [0.25, 0.3) is 0 Å². The normalized spacial score (nSPS) is 28.2. The SMILES string of the molecule is CCOC(=O)[C@@]1(F)[C@H](c2cccc(C)c2)C(C#N)=C(N)O[C@@]1(C)OCC. The molecule has 0 amide bonds. The van der Waals surface area contributed by atoms with Gasteiger partial charge in [0.2, 0.25) is 5.88 Å². The van der Waals surface area contributed by atoms with Crippen LogP contribution < -0.4 is 5.73 Å². The number of esters is 1. The first-order valence-electron chi connectivity index (χ1n) is 8.40. The van der Waals surface area contributed by atoms with E-state index in [2.05, 4.69) is 0 Å². The van der Waals surface area contributed by atoms with Gasteiger partial charge in [0.15, 0.2) is 0 Å². The minimum atomic E-state index is -2.80. The molecule has 0 fully saturated rings. The fourth-order valence-corrected chi connectivity index (χ4v) is 3.26. The summed E-state index contributed by atoms with van der Waals surface area (Å²) in [7, 11) is 0. The predicted molar refractivity (Wildman–Crippen MR) is 92.3 cm³/mol. The lowest BCUT2D eigenvalue weighted by Crippen LogP contribution is -2.64. The van der Waals surface area contributed by atoms with Crippen molar-refractivity contribution < 1.29 is 23.4 Å². The van der Waals surface area contributed by atoms with Crippen molar-refractivity contribution in [2.24, 2.45) is 5.73 Å². The zero-order valence-electron chi connectivity index (χ0n) is 15.3. The Morgan fingerprint density at radius 3 is 2.65 bits per heavy atom. The molecule has 1 aromatic carbocycles. The van der Waals surface area contributed by atoms with Gasteiger partial charge in [-0.3, -0.25) is 0 Å². The number of alkyl halides is 1. The smallest absolute Gasteiger partial charge is 0.351 e. The third-order valence-electron chi connectivity index (χ3n) is 4.41. The van der Waals surface area contributed by atoms with Crippen molar-refractivity contribution in [3.63, 3.8) is 0 Å². The number of benzene rings is 1. The van der Waals surface area contributed by atoms with Crippen LogP contribution in [0.3, 0.4) is 0 Å². The number of nitrogens with two attached hydrogens (primary N) is 1. The van der Waals surface area contributed by atoms with Crippen molar-refractivity contribution in [1.82, 2.24) is 0 Å². The Hall–Kier alpha value is -2.59. The number of carbonyl (C=O) groups is 1. The topological polar surface area (TPSA) is 94.6 Å². The van der Waals surface area contributed by atoms with E-state index in [0.29, 0.717) is 5.56 Å². The minimum absolute atomic E-state index is 0.0334. The molecule has 0 unspecified atom stereocenters. The van der Waals surface area contributed by atoms with Crippen molar-refractivity contribution in [3.8, 4) is 6.07 Å². The van der Waals surface area contributed by atoms with E-state index in [1.807, 2.05) is 19.1 Å². The molecule has 0 aliphatic carbocycles. The van der Waals surface area contributed by atoms with E-state index in [1.54, 1.807) is 32.0 Å². The summed E-state index contributed by atoms with van der Waals surface area (Å²) in [5.74, 6) is -4.81. The van der Waals surface area contributed by atoms with Crippen LogP contribution in [0.2, 0.25) is 0 Å². The molecule has 0 bridgehead atoms. The second-order valence-corrected chi connectivity index (χ2v) is 6.15. The van der Waals surface area contributed by atoms with Crippen LogP contribution in [-0.4, -0.2) is 30.6 Å². The summed E-state index contributed by atoms with van der Waals surface area (Å²) in [4.78, 5) is 12.7. The van der Waals surface area contributed by atoms with Crippen LogP contribution >= 0.6 is 0 Å². The standard InChI is InChI=1S/C19H23FN2O4/c1-5-24-17(23)19(20)15(13-9-7-8-12(3)10-13)14(11-21)16(22)26-18(19,4)25-6-2/h7-10,15H,5-6,22H2,1-4H3/t15-,18-,19+/m1/s1. The molecule has 0 radical (unpaired) electrons. The Bertz CT molecular complexity index is 773. The second-order valence-electron chi connectivity index (χ2n) is 6.15. The van der Waals surface area contributed by atoms with Crippen LogP contribution in [0.1, 0.15) is 37.8 Å². The van der Waals surface area contributed by atoms with Gasteiger partial charge >= 0.3 is 5.97 Å². The Morgan fingerprint density at radius 1 is 1.42 bits per heavy atom. The Kier molecular flexibility index (Phi) is 5.57. The van der Waals surface area contributed by atoms with E-state index >= 15 is 4.39 Å². The van der Waals surface area contributed by atoms with Crippen molar-refractivity contribution in [3.05, 3.63) is 46.8 Å². The van der Waals surface area contributed by atoms with Gasteiger partial charge in [0.05, 0.1) is 12.5 Å². The van der Waals surface area contributed by atoms with Crippen LogP contribution in [0.15, 0.2) is 35.7 Å². The lowest BCUT2D eigenvalue weighted by molar-refractivity contribution is -0.285. The van der Waals surface area contributed by atoms with Gasteiger partial charge in [-0.15, -0.1) is 0 Å². The van der Waals surface area contributed by atoms with Gasteiger partial charge in [-0.1, -0.05) is 29.8 Å². The molecule has 1 aromatic rings. The molecule has 2 rings (SSSR count). The Balaban J connectivity index is 2.80. The number of nitrogens with zero attached hydrogens (tertiary/aromatic N) is 1. The van der Waals surface area contributed by atoms with Gasteiger partial charge in [-0.25, -0.2) is 9.18 Å². The highest BCUT2D eigenvalue weighted by Crippen LogP contribution is 2.51. The van der Waals surface area contributed by atoms with Crippen LogP contribution in [0, 0.1) is 18.3 Å². The minimum Gasteiger partial charge on any atom is -0.463 e. The molecule has 0 saturated heterocycles. The van der Waals surface area contributed by atoms with Gasteiger partial charge in [-0.05, 0) is 26.3 Å². The highest BCUT2D eigenvalue weighted by Gasteiger charge is 2.68. The third-order valence-corrected chi connectivity index (χ3v) is 4.41. The average molecular weight is 362 g/mol. The van der Waals surface area contributed by atoms with E-state index < -0.39 is 23.3 Å². The lowest BCUT2D eigenvalue weighted by atomic mass is 9.72. The maximum atomic E-state index is 16.5. The largest absolute Gasteiger partial charge is 0.463 e. The number of allylic oxidation sites excluding steroid dienone is 1. The highest BCUT2D eigenvalue weighted by atomic mass is 19.1. The quantitative estimate of drug-likeness (QED) is 0.810. The third kappa shape index (κ3) is 3.01. The summed E-state index contributed by atoms with van der Waals surface area (Å²) in [6.45, 7) is 6.36. The maximum absolute atomic E-state index is 16.5. The van der Waals surface area contributed by atoms with Crippen LogP contribution in [0.4, 0.5) is 4.39 Å². The molecule has 2 N–H and O–H groups in total. The zero-order chi connectivity index (χ0) is 19.5. The van der Waals surface area contributed by atoms with Gasteiger partial charge in [-0.2, -0.15) is 5.26 Å². The number of ether oxygens (including phenoxy) is 3. The number of aryl methyl sites for hydroxylation is 1. The predicted octanol–water partition coefficient (Wildman–Crippen LogP) is 2.83. The van der Waals surface area contributed by atoms with Gasteiger partial charge in [0.25, 0.3) is 11.5 Å². The number of hydrogen-bond donors (Lipinski definition) is 1. The lowest BCUT2D eigenvalue weighted by Gasteiger charge is -2.47. The highest BCUT2D eigenvalue weighted by molar-refractivity contribution is 5.84. The first kappa shape index (κ1) is 19.7. The first-order valence-corrected chi connectivity index (χ1v) is 8.40. The van der Waals surface area contributed by atoms with Crippen molar-refractivity contribution in [2.45, 2.75) is 45.1 Å². The second kappa shape index (κ2) is 7.34. The van der Waals surface area contributed by atoms with E-state index in [9.17, 15) is 10.1 Å². The molecular formula is C19H23FN2O4. The Morgan fingerprint density at radius 2 is 2.12 bits per heavy atom. The van der Waals surface area contributed by atoms with Crippen molar-refractivity contribution in [2.75, 3.05) is 13.2 Å². The monoisotopic (exact) mass is 362 g/mol. The number of halogens is 1. The van der Waals surface area contributed by atoms with Gasteiger partial charge in [0.1, 0.15) is 11.6 Å². The van der Waals surface area contributed by atoms with Crippen molar-refractivity contribution >= 4 is 5.97 Å². The summed E-state index contributed by atoms with van der Waals surface area (Å²) in [5.41, 5.74) is 4.16.